The van der Waals surface area contributed by atoms with Crippen LogP contribution in [0.25, 0.3) is 0 Å². The molecule has 0 saturated heterocycles. The first-order chi connectivity index (χ1) is 21.0. The summed E-state index contributed by atoms with van der Waals surface area (Å²) in [5, 5.41) is 45.2. The summed E-state index contributed by atoms with van der Waals surface area (Å²) in [5.41, 5.74) is 0.759. The number of anilines is 4. The van der Waals surface area contributed by atoms with Crippen LogP contribution >= 0.6 is 24.8 Å². The first-order valence-corrected chi connectivity index (χ1v) is 12.5. The van der Waals surface area contributed by atoms with Crippen molar-refractivity contribution in [3.05, 3.63) is 95.6 Å². The molecule has 0 saturated carbocycles. The van der Waals surface area contributed by atoms with Gasteiger partial charge in [-0.05, 0) is 48.5 Å². The number of hydrogen-bond donors (Lipinski definition) is 8. The third-order valence-corrected chi connectivity index (χ3v) is 5.10. The van der Waals surface area contributed by atoms with Crippen molar-refractivity contribution in [1.82, 2.24) is 19.9 Å². The maximum Gasteiger partial charge on any atom is 0.339 e. The van der Waals surface area contributed by atoms with Gasteiger partial charge in [0.25, 0.3) is 0 Å². The number of carbonyl (C=O) groups is 4. The smallest absolute Gasteiger partial charge is 0.339 e. The molecular formula is C28H36Cl2N8O9. The average molecular weight is 700 g/mol. The molecule has 4 aromatic heterocycles. The highest BCUT2D eigenvalue weighted by molar-refractivity contribution is 5.94. The Bertz CT molecular complexity index is 1340. The van der Waals surface area contributed by atoms with E-state index in [0.29, 0.717) is 23.3 Å². The van der Waals surface area contributed by atoms with Gasteiger partial charge in [0, 0.05) is 53.0 Å². The first-order valence-electron chi connectivity index (χ1n) is 12.5. The number of nitrogens with one attached hydrogen (secondary N) is 4. The second kappa shape index (κ2) is 24.5. The number of hydrogen-bond acceptors (Lipinski definition) is 12. The minimum atomic E-state index is -0.970. The molecule has 47 heavy (non-hydrogen) atoms. The number of carboxylic acids is 4. The van der Waals surface area contributed by atoms with E-state index in [-0.39, 0.29) is 52.5 Å². The molecule has 0 spiro atoms. The van der Waals surface area contributed by atoms with E-state index in [9.17, 15) is 19.2 Å². The molecule has 0 aliphatic heterocycles. The number of rotatable bonds is 8. The largest absolute Gasteiger partial charge is 0.478 e. The lowest BCUT2D eigenvalue weighted by molar-refractivity contribution is 0.0686. The van der Waals surface area contributed by atoms with Gasteiger partial charge in [0.2, 0.25) is 0 Å². The Hall–Kier alpha value is -5.78. The van der Waals surface area contributed by atoms with E-state index in [1.54, 1.807) is 52.5 Å². The highest BCUT2D eigenvalue weighted by atomic mass is 35.5. The standard InChI is InChI=1S/4C7H8N2O2.2ClH.H2O/c4*1-8-6-5(7(10)11)3-2-4-9-6;;;/h4*2-4H,1H3,(H,8,9)(H,10,11);2*1H;1H2. The molecule has 256 valence electrons. The number of pyridine rings is 4. The van der Waals surface area contributed by atoms with Gasteiger partial charge >= 0.3 is 23.9 Å². The average Bonchev–Trinajstić information content (AvgIpc) is 3.05. The number of aromatic carboxylic acids is 4. The number of aromatic nitrogens is 4. The van der Waals surface area contributed by atoms with Crippen LogP contribution < -0.4 is 21.3 Å². The zero-order chi connectivity index (χ0) is 33.1. The second-order valence-corrected chi connectivity index (χ2v) is 7.82. The Labute approximate surface area is 281 Å². The Morgan fingerprint density at radius 2 is 0.617 bits per heavy atom. The number of carboxylic acid groups (broad SMARTS) is 4. The summed E-state index contributed by atoms with van der Waals surface area (Å²) in [6.45, 7) is 0. The SMILES string of the molecule is CNc1ncccc1C(=O)O.CNc1ncccc1C(=O)O.CNc1ncccc1C(=O)O.CNc1ncccc1C(=O)O.Cl.Cl.O. The Kier molecular flexibility index (Phi) is 23.8. The molecule has 4 rings (SSSR count). The molecule has 4 heterocycles. The van der Waals surface area contributed by atoms with Crippen molar-refractivity contribution in [3.8, 4) is 0 Å². The summed E-state index contributed by atoms with van der Waals surface area (Å²) in [6, 6.07) is 12.4. The van der Waals surface area contributed by atoms with E-state index in [4.69, 9.17) is 20.4 Å². The molecule has 10 N–H and O–H groups in total. The van der Waals surface area contributed by atoms with Gasteiger partial charge in [-0.1, -0.05) is 0 Å². The highest BCUT2D eigenvalue weighted by Crippen LogP contribution is 2.11. The van der Waals surface area contributed by atoms with Crippen molar-refractivity contribution in [1.29, 1.82) is 0 Å². The molecule has 17 nitrogen and oxygen atoms in total. The maximum absolute atomic E-state index is 10.5. The van der Waals surface area contributed by atoms with Crippen LogP contribution in [-0.2, 0) is 0 Å². The summed E-state index contributed by atoms with van der Waals surface area (Å²) in [5.74, 6) is -2.32. The first kappa shape index (κ1) is 45.6. The number of halogens is 2. The van der Waals surface area contributed by atoms with Crippen LogP contribution in [0, 0.1) is 0 Å². The summed E-state index contributed by atoms with van der Waals surface area (Å²) < 4.78 is 0. The van der Waals surface area contributed by atoms with Crippen molar-refractivity contribution in [2.24, 2.45) is 0 Å². The lowest BCUT2D eigenvalue weighted by Crippen LogP contribution is -2.03. The van der Waals surface area contributed by atoms with Gasteiger partial charge in [0.15, 0.2) is 0 Å². The van der Waals surface area contributed by atoms with E-state index in [1.807, 2.05) is 0 Å². The third-order valence-electron chi connectivity index (χ3n) is 5.10. The molecule has 0 radical (unpaired) electrons. The van der Waals surface area contributed by atoms with E-state index < -0.39 is 23.9 Å². The zero-order valence-corrected chi connectivity index (χ0v) is 27.1. The molecule has 0 aromatic carbocycles. The summed E-state index contributed by atoms with van der Waals surface area (Å²) in [6.07, 6.45) is 6.16. The van der Waals surface area contributed by atoms with Crippen LogP contribution in [0.15, 0.2) is 73.3 Å². The van der Waals surface area contributed by atoms with Crippen LogP contribution in [0.5, 0.6) is 0 Å². The maximum atomic E-state index is 10.5. The minimum absolute atomic E-state index is 0. The lowest BCUT2D eigenvalue weighted by atomic mass is 10.2. The van der Waals surface area contributed by atoms with Gasteiger partial charge in [0.05, 0.1) is 0 Å². The fraction of sp³-hybridized carbons (Fsp3) is 0.143. The van der Waals surface area contributed by atoms with Gasteiger partial charge < -0.3 is 47.2 Å². The Morgan fingerprint density at radius 3 is 0.723 bits per heavy atom. The third kappa shape index (κ3) is 15.2. The highest BCUT2D eigenvalue weighted by Gasteiger charge is 2.09. The summed E-state index contributed by atoms with van der Waals surface area (Å²) >= 11 is 0. The molecule has 0 aliphatic carbocycles. The molecule has 0 unspecified atom stereocenters. The van der Waals surface area contributed by atoms with Crippen LogP contribution in [-0.4, -0.2) is 97.9 Å². The monoisotopic (exact) mass is 698 g/mol. The molecule has 4 aromatic rings. The van der Waals surface area contributed by atoms with E-state index in [2.05, 4.69) is 41.2 Å². The van der Waals surface area contributed by atoms with Crippen LogP contribution in [0.4, 0.5) is 23.3 Å². The predicted octanol–water partition coefficient (Wildman–Crippen LogP) is 3.30. The van der Waals surface area contributed by atoms with Crippen molar-refractivity contribution in [2.75, 3.05) is 49.5 Å². The normalized spacial score (nSPS) is 8.60. The molecule has 19 heteroatoms. The molecule has 0 amide bonds. The fourth-order valence-electron chi connectivity index (χ4n) is 3.11. The lowest BCUT2D eigenvalue weighted by Gasteiger charge is -2.01. The van der Waals surface area contributed by atoms with Crippen LogP contribution in [0.2, 0.25) is 0 Å². The van der Waals surface area contributed by atoms with Crippen molar-refractivity contribution in [3.63, 3.8) is 0 Å². The molecule has 0 fully saturated rings. The Morgan fingerprint density at radius 1 is 0.447 bits per heavy atom. The van der Waals surface area contributed by atoms with E-state index >= 15 is 0 Å². The van der Waals surface area contributed by atoms with E-state index in [0.717, 1.165) is 0 Å². The van der Waals surface area contributed by atoms with Gasteiger partial charge in [-0.25, -0.2) is 39.1 Å². The summed E-state index contributed by atoms with van der Waals surface area (Å²) in [4.78, 5) is 57.3. The molecular weight excluding hydrogens is 663 g/mol. The molecule has 0 atom stereocenters. The minimum Gasteiger partial charge on any atom is -0.478 e. The van der Waals surface area contributed by atoms with Gasteiger partial charge in [-0.15, -0.1) is 24.8 Å². The zero-order valence-electron chi connectivity index (χ0n) is 25.5. The summed E-state index contributed by atoms with van der Waals surface area (Å²) in [7, 11) is 6.53. The van der Waals surface area contributed by atoms with Gasteiger partial charge in [0.1, 0.15) is 45.5 Å². The molecule has 0 aliphatic rings. The van der Waals surface area contributed by atoms with Gasteiger partial charge in [-0.2, -0.15) is 0 Å². The fourth-order valence-corrected chi connectivity index (χ4v) is 3.11. The Balaban J connectivity index is -0.000000538. The van der Waals surface area contributed by atoms with Crippen molar-refractivity contribution >= 4 is 72.0 Å². The van der Waals surface area contributed by atoms with E-state index in [1.165, 1.54) is 49.1 Å². The number of nitrogens with zero attached hydrogens (tertiary/aromatic N) is 4. The predicted molar refractivity (Wildman–Crippen MR) is 181 cm³/mol. The van der Waals surface area contributed by atoms with Crippen molar-refractivity contribution in [2.45, 2.75) is 0 Å². The van der Waals surface area contributed by atoms with Gasteiger partial charge in [-0.3, -0.25) is 0 Å². The molecule has 0 bridgehead atoms. The van der Waals surface area contributed by atoms with Crippen LogP contribution in [0.1, 0.15) is 41.4 Å². The van der Waals surface area contributed by atoms with Crippen LogP contribution in [0.3, 0.4) is 0 Å². The topological polar surface area (TPSA) is 280 Å². The second-order valence-electron chi connectivity index (χ2n) is 7.82. The van der Waals surface area contributed by atoms with Crippen molar-refractivity contribution < 1.29 is 45.1 Å². The quantitative estimate of drug-likeness (QED) is 0.131.